The van der Waals surface area contributed by atoms with Crippen LogP contribution >= 0.6 is 11.6 Å². The Balaban J connectivity index is 2.17. The molecule has 1 aromatic rings. The monoisotopic (exact) mass is 268 g/mol. The Labute approximate surface area is 112 Å². The first kappa shape index (κ1) is 13.3. The highest BCUT2D eigenvalue weighted by Crippen LogP contribution is 2.21. The number of carbonyl (C=O) groups excluding carboxylic acids is 1. The zero-order chi connectivity index (χ0) is 13.1. The van der Waals surface area contributed by atoms with Gasteiger partial charge in [0.15, 0.2) is 0 Å². The van der Waals surface area contributed by atoms with Gasteiger partial charge in [-0.15, -0.1) is 0 Å². The molecule has 0 radical (unpaired) electrons. The highest BCUT2D eigenvalue weighted by Gasteiger charge is 2.25. The molecule has 1 aromatic carbocycles. The van der Waals surface area contributed by atoms with Gasteiger partial charge in [-0.1, -0.05) is 0 Å². The van der Waals surface area contributed by atoms with Gasteiger partial charge in [-0.3, -0.25) is 4.79 Å². The Bertz CT molecular complexity index is 422. The van der Waals surface area contributed by atoms with E-state index in [0.717, 1.165) is 25.3 Å². The number of nitrogens with zero attached hydrogens (tertiary/aromatic N) is 2. The SMILES string of the molecule is COC1CN(C)CCN1c1ccc(C(=O)Cl)cc1. The summed E-state index contributed by atoms with van der Waals surface area (Å²) in [5, 5.41) is -0.428. The summed E-state index contributed by atoms with van der Waals surface area (Å²) in [5.74, 6) is 0. The van der Waals surface area contributed by atoms with Crippen LogP contribution in [0.5, 0.6) is 0 Å². The van der Waals surface area contributed by atoms with Crippen LogP contribution in [0, 0.1) is 0 Å². The molecule has 98 valence electrons. The first-order valence-electron chi connectivity index (χ1n) is 5.89. The number of ether oxygens (including phenoxy) is 1. The van der Waals surface area contributed by atoms with E-state index in [4.69, 9.17) is 16.3 Å². The van der Waals surface area contributed by atoms with Gasteiger partial charge in [0.2, 0.25) is 0 Å². The second-order valence-corrected chi connectivity index (χ2v) is 4.81. The molecule has 1 unspecified atom stereocenters. The lowest BCUT2D eigenvalue weighted by Crippen LogP contribution is -2.52. The molecule has 0 amide bonds. The van der Waals surface area contributed by atoms with Crippen molar-refractivity contribution in [3.63, 3.8) is 0 Å². The molecule has 1 atom stereocenters. The normalized spacial score (nSPS) is 21.1. The smallest absolute Gasteiger partial charge is 0.252 e. The van der Waals surface area contributed by atoms with E-state index in [1.165, 1.54) is 0 Å². The Morgan fingerprint density at radius 2 is 2.00 bits per heavy atom. The van der Waals surface area contributed by atoms with Crippen LogP contribution < -0.4 is 4.90 Å². The van der Waals surface area contributed by atoms with Gasteiger partial charge in [0, 0.05) is 38.0 Å². The first-order chi connectivity index (χ1) is 8.61. The quantitative estimate of drug-likeness (QED) is 0.783. The molecule has 2 rings (SSSR count). The maximum Gasteiger partial charge on any atom is 0.252 e. The molecule has 1 heterocycles. The minimum absolute atomic E-state index is 0.0429. The van der Waals surface area contributed by atoms with Crippen molar-refractivity contribution in [1.29, 1.82) is 0 Å². The van der Waals surface area contributed by atoms with E-state index in [1.54, 1.807) is 19.2 Å². The minimum Gasteiger partial charge on any atom is -0.360 e. The lowest BCUT2D eigenvalue weighted by Gasteiger charge is -2.40. The summed E-state index contributed by atoms with van der Waals surface area (Å²) in [6.45, 7) is 2.77. The Morgan fingerprint density at radius 3 is 2.56 bits per heavy atom. The van der Waals surface area contributed by atoms with Crippen molar-refractivity contribution in [2.45, 2.75) is 6.23 Å². The molecular weight excluding hydrogens is 252 g/mol. The summed E-state index contributed by atoms with van der Waals surface area (Å²) in [7, 11) is 3.80. The van der Waals surface area contributed by atoms with Gasteiger partial charge in [0.1, 0.15) is 6.23 Å². The van der Waals surface area contributed by atoms with E-state index >= 15 is 0 Å². The summed E-state index contributed by atoms with van der Waals surface area (Å²) in [6.07, 6.45) is 0.0429. The summed E-state index contributed by atoms with van der Waals surface area (Å²) < 4.78 is 5.50. The van der Waals surface area contributed by atoms with Crippen molar-refractivity contribution < 1.29 is 9.53 Å². The molecule has 1 aliphatic heterocycles. The van der Waals surface area contributed by atoms with Gasteiger partial charge < -0.3 is 14.5 Å². The van der Waals surface area contributed by atoms with E-state index in [0.29, 0.717) is 5.56 Å². The third-order valence-corrected chi connectivity index (χ3v) is 3.45. The van der Waals surface area contributed by atoms with Crippen LogP contribution in [0.1, 0.15) is 10.4 Å². The fourth-order valence-corrected chi connectivity index (χ4v) is 2.29. The van der Waals surface area contributed by atoms with Gasteiger partial charge in [0.25, 0.3) is 5.24 Å². The molecule has 1 saturated heterocycles. The first-order valence-corrected chi connectivity index (χ1v) is 6.27. The predicted molar refractivity (Wildman–Crippen MR) is 72.3 cm³/mol. The Kier molecular flexibility index (Phi) is 4.22. The van der Waals surface area contributed by atoms with Gasteiger partial charge in [-0.05, 0) is 42.9 Å². The van der Waals surface area contributed by atoms with Crippen molar-refractivity contribution in [2.24, 2.45) is 0 Å². The number of rotatable bonds is 3. The van der Waals surface area contributed by atoms with Gasteiger partial charge >= 0.3 is 0 Å². The molecule has 5 heteroatoms. The molecule has 0 aromatic heterocycles. The predicted octanol–water partition coefficient (Wildman–Crippen LogP) is 1.79. The highest BCUT2D eigenvalue weighted by atomic mass is 35.5. The highest BCUT2D eigenvalue weighted by molar-refractivity contribution is 6.67. The summed E-state index contributed by atoms with van der Waals surface area (Å²) in [6, 6.07) is 7.31. The molecule has 0 saturated carbocycles. The van der Waals surface area contributed by atoms with Crippen LogP contribution in [-0.2, 0) is 4.74 Å². The number of piperazine rings is 1. The summed E-state index contributed by atoms with van der Waals surface area (Å²) in [5.41, 5.74) is 1.57. The number of methoxy groups -OCH3 is 1. The number of hydrogen-bond acceptors (Lipinski definition) is 4. The fourth-order valence-electron chi connectivity index (χ4n) is 2.16. The van der Waals surface area contributed by atoms with Crippen LogP contribution in [0.15, 0.2) is 24.3 Å². The van der Waals surface area contributed by atoms with Crippen molar-refractivity contribution in [3.8, 4) is 0 Å². The lowest BCUT2D eigenvalue weighted by atomic mass is 10.2. The fraction of sp³-hybridized carbons (Fsp3) is 0.462. The second-order valence-electron chi connectivity index (χ2n) is 4.47. The van der Waals surface area contributed by atoms with Gasteiger partial charge in [0.05, 0.1) is 0 Å². The molecule has 1 aliphatic rings. The number of halogens is 1. The van der Waals surface area contributed by atoms with Crippen molar-refractivity contribution in [3.05, 3.63) is 29.8 Å². The number of anilines is 1. The topological polar surface area (TPSA) is 32.8 Å². The van der Waals surface area contributed by atoms with Crippen LogP contribution in [0.4, 0.5) is 5.69 Å². The Hall–Kier alpha value is -1.10. The second kappa shape index (κ2) is 5.69. The molecule has 0 N–H and O–H groups in total. The van der Waals surface area contributed by atoms with Gasteiger partial charge in [-0.25, -0.2) is 0 Å². The van der Waals surface area contributed by atoms with Crippen LogP contribution in [-0.4, -0.2) is 50.2 Å². The van der Waals surface area contributed by atoms with Crippen molar-refractivity contribution in [1.82, 2.24) is 4.90 Å². The molecule has 1 fully saturated rings. The van der Waals surface area contributed by atoms with E-state index in [-0.39, 0.29) is 6.23 Å². The van der Waals surface area contributed by atoms with Crippen LogP contribution in [0.2, 0.25) is 0 Å². The molecule has 18 heavy (non-hydrogen) atoms. The van der Waals surface area contributed by atoms with E-state index < -0.39 is 5.24 Å². The summed E-state index contributed by atoms with van der Waals surface area (Å²) in [4.78, 5) is 15.5. The van der Waals surface area contributed by atoms with Crippen molar-refractivity contribution in [2.75, 3.05) is 38.7 Å². The maximum atomic E-state index is 11.0. The third kappa shape index (κ3) is 2.83. The zero-order valence-electron chi connectivity index (χ0n) is 10.6. The average molecular weight is 269 g/mol. The molecule has 0 aliphatic carbocycles. The molecular formula is C13H17ClN2O2. The summed E-state index contributed by atoms with van der Waals surface area (Å²) >= 11 is 5.43. The van der Waals surface area contributed by atoms with E-state index in [1.807, 2.05) is 12.1 Å². The standard InChI is InChI=1S/C13H17ClN2O2/c1-15-7-8-16(12(9-15)18-2)11-5-3-10(4-6-11)13(14)17/h3-6,12H,7-9H2,1-2H3. The maximum absolute atomic E-state index is 11.0. The largest absolute Gasteiger partial charge is 0.360 e. The van der Waals surface area contributed by atoms with Crippen LogP contribution in [0.3, 0.4) is 0 Å². The zero-order valence-corrected chi connectivity index (χ0v) is 11.4. The average Bonchev–Trinajstić information content (AvgIpc) is 2.38. The molecule has 4 nitrogen and oxygen atoms in total. The molecule has 0 bridgehead atoms. The van der Waals surface area contributed by atoms with Gasteiger partial charge in [-0.2, -0.15) is 0 Å². The third-order valence-electron chi connectivity index (χ3n) is 3.24. The Morgan fingerprint density at radius 1 is 1.33 bits per heavy atom. The van der Waals surface area contributed by atoms with E-state index in [2.05, 4.69) is 16.8 Å². The lowest BCUT2D eigenvalue weighted by molar-refractivity contribution is 0.0498. The van der Waals surface area contributed by atoms with Crippen molar-refractivity contribution >= 4 is 22.5 Å². The van der Waals surface area contributed by atoms with Crippen LogP contribution in [0.25, 0.3) is 0 Å². The minimum atomic E-state index is -0.428. The number of carbonyl (C=O) groups is 1. The number of benzene rings is 1. The number of likely N-dealkylation sites (N-methyl/N-ethyl adjacent to an activating group) is 1. The molecule has 0 spiro atoms. The number of hydrogen-bond donors (Lipinski definition) is 0. The van der Waals surface area contributed by atoms with E-state index in [9.17, 15) is 4.79 Å².